The van der Waals surface area contributed by atoms with Crippen molar-refractivity contribution in [2.45, 2.75) is 26.3 Å². The Kier molecular flexibility index (Phi) is 6.54. The summed E-state index contributed by atoms with van der Waals surface area (Å²) in [6.45, 7) is 5.29. The van der Waals surface area contributed by atoms with Crippen molar-refractivity contribution in [1.82, 2.24) is 4.90 Å². The molecule has 0 aliphatic carbocycles. The van der Waals surface area contributed by atoms with Gasteiger partial charge in [-0.25, -0.2) is 0 Å². The van der Waals surface area contributed by atoms with Gasteiger partial charge in [0.15, 0.2) is 0 Å². The average molecular weight is 188 g/mol. The van der Waals surface area contributed by atoms with Crippen LogP contribution in [0.2, 0.25) is 0 Å². The number of nitrogens with zero attached hydrogens (tertiary/aromatic N) is 1. The van der Waals surface area contributed by atoms with Crippen molar-refractivity contribution in [3.8, 4) is 0 Å². The standard InChI is InChI=1S/C9H20N2O2/c1-4-13-9(12)7-11(3)8(2)5-6-10/h8H,4-7,10H2,1-3H3. The molecule has 4 nitrogen and oxygen atoms in total. The summed E-state index contributed by atoms with van der Waals surface area (Å²) in [5.74, 6) is -0.172. The molecule has 0 aromatic carbocycles. The fourth-order valence-corrected chi connectivity index (χ4v) is 1.03. The largest absolute Gasteiger partial charge is 0.465 e. The van der Waals surface area contributed by atoms with E-state index in [-0.39, 0.29) is 5.97 Å². The van der Waals surface area contributed by atoms with Gasteiger partial charge in [0, 0.05) is 6.04 Å². The van der Waals surface area contributed by atoms with E-state index in [9.17, 15) is 4.79 Å². The third-order valence-electron chi connectivity index (χ3n) is 2.02. The van der Waals surface area contributed by atoms with Crippen LogP contribution >= 0.6 is 0 Å². The van der Waals surface area contributed by atoms with Gasteiger partial charge in [-0.05, 0) is 33.9 Å². The summed E-state index contributed by atoms with van der Waals surface area (Å²) < 4.78 is 4.83. The first-order chi connectivity index (χ1) is 6.11. The van der Waals surface area contributed by atoms with Crippen molar-refractivity contribution in [2.75, 3.05) is 26.7 Å². The lowest BCUT2D eigenvalue weighted by Crippen LogP contribution is -2.35. The minimum absolute atomic E-state index is 0.172. The van der Waals surface area contributed by atoms with Crippen LogP contribution in [-0.2, 0) is 9.53 Å². The molecular weight excluding hydrogens is 168 g/mol. The first-order valence-electron chi connectivity index (χ1n) is 4.67. The van der Waals surface area contributed by atoms with Crippen LogP contribution in [0.25, 0.3) is 0 Å². The van der Waals surface area contributed by atoms with Crippen LogP contribution in [0.5, 0.6) is 0 Å². The number of esters is 1. The van der Waals surface area contributed by atoms with Gasteiger partial charge in [-0.2, -0.15) is 0 Å². The minimum atomic E-state index is -0.172. The van der Waals surface area contributed by atoms with E-state index in [2.05, 4.69) is 0 Å². The summed E-state index contributed by atoms with van der Waals surface area (Å²) in [6, 6.07) is 0.328. The van der Waals surface area contributed by atoms with Gasteiger partial charge >= 0.3 is 5.97 Å². The van der Waals surface area contributed by atoms with Crippen molar-refractivity contribution in [1.29, 1.82) is 0 Å². The molecule has 0 aliphatic rings. The zero-order valence-electron chi connectivity index (χ0n) is 8.75. The molecule has 0 saturated heterocycles. The first-order valence-corrected chi connectivity index (χ1v) is 4.67. The summed E-state index contributed by atoms with van der Waals surface area (Å²) in [5.41, 5.74) is 5.41. The molecule has 0 aromatic heterocycles. The summed E-state index contributed by atoms with van der Waals surface area (Å²) >= 11 is 0. The van der Waals surface area contributed by atoms with Gasteiger partial charge in [0.05, 0.1) is 13.2 Å². The second-order valence-corrected chi connectivity index (χ2v) is 3.15. The molecule has 13 heavy (non-hydrogen) atoms. The molecular formula is C9H20N2O2. The molecule has 0 fully saturated rings. The minimum Gasteiger partial charge on any atom is -0.465 e. The van der Waals surface area contributed by atoms with Crippen LogP contribution in [0.3, 0.4) is 0 Å². The van der Waals surface area contributed by atoms with Gasteiger partial charge in [-0.15, -0.1) is 0 Å². The maximum absolute atomic E-state index is 11.1. The summed E-state index contributed by atoms with van der Waals surface area (Å²) in [6.07, 6.45) is 0.899. The number of likely N-dealkylation sites (N-methyl/N-ethyl adjacent to an activating group) is 1. The molecule has 0 saturated carbocycles. The maximum atomic E-state index is 11.1. The molecule has 1 unspecified atom stereocenters. The highest BCUT2D eigenvalue weighted by Crippen LogP contribution is 1.99. The second kappa shape index (κ2) is 6.86. The Morgan fingerprint density at radius 1 is 1.62 bits per heavy atom. The van der Waals surface area contributed by atoms with Gasteiger partial charge in [-0.1, -0.05) is 0 Å². The van der Waals surface area contributed by atoms with Gasteiger partial charge in [0.2, 0.25) is 0 Å². The monoisotopic (exact) mass is 188 g/mol. The number of rotatable bonds is 6. The maximum Gasteiger partial charge on any atom is 0.320 e. The molecule has 78 valence electrons. The number of carbonyl (C=O) groups excluding carboxylic acids is 1. The highest BCUT2D eigenvalue weighted by Gasteiger charge is 2.12. The smallest absolute Gasteiger partial charge is 0.320 e. The number of carbonyl (C=O) groups is 1. The lowest BCUT2D eigenvalue weighted by molar-refractivity contribution is -0.144. The molecule has 0 rings (SSSR count). The SMILES string of the molecule is CCOC(=O)CN(C)C(C)CCN. The zero-order valence-corrected chi connectivity index (χ0v) is 8.75. The van der Waals surface area contributed by atoms with Crippen molar-refractivity contribution < 1.29 is 9.53 Å². The van der Waals surface area contributed by atoms with E-state index in [0.29, 0.717) is 25.7 Å². The van der Waals surface area contributed by atoms with Gasteiger partial charge in [0.25, 0.3) is 0 Å². The molecule has 4 heteroatoms. The average Bonchev–Trinajstić information content (AvgIpc) is 2.05. The third kappa shape index (κ3) is 5.60. The molecule has 0 amide bonds. The Morgan fingerprint density at radius 2 is 2.23 bits per heavy atom. The summed E-state index contributed by atoms with van der Waals surface area (Å²) in [5, 5.41) is 0. The quantitative estimate of drug-likeness (QED) is 0.606. The molecule has 0 aromatic rings. The van der Waals surface area contributed by atoms with E-state index in [4.69, 9.17) is 10.5 Å². The van der Waals surface area contributed by atoms with Crippen LogP contribution in [0.1, 0.15) is 20.3 Å². The summed E-state index contributed by atoms with van der Waals surface area (Å²) in [4.78, 5) is 13.0. The number of hydrogen-bond donors (Lipinski definition) is 1. The molecule has 1 atom stereocenters. The van der Waals surface area contributed by atoms with E-state index < -0.39 is 0 Å². The lowest BCUT2D eigenvalue weighted by atomic mass is 10.2. The summed E-state index contributed by atoms with van der Waals surface area (Å²) in [7, 11) is 1.90. The predicted molar refractivity (Wildman–Crippen MR) is 52.4 cm³/mol. The fourth-order valence-electron chi connectivity index (χ4n) is 1.03. The Hall–Kier alpha value is -0.610. The zero-order chi connectivity index (χ0) is 10.3. The van der Waals surface area contributed by atoms with Crippen molar-refractivity contribution in [3.63, 3.8) is 0 Å². The number of ether oxygens (including phenoxy) is 1. The Balaban J connectivity index is 3.71. The molecule has 0 bridgehead atoms. The Labute approximate surface area is 80.0 Å². The van der Waals surface area contributed by atoms with E-state index in [1.807, 2.05) is 18.9 Å². The van der Waals surface area contributed by atoms with Crippen LogP contribution < -0.4 is 5.73 Å². The number of hydrogen-bond acceptors (Lipinski definition) is 4. The molecule has 2 N–H and O–H groups in total. The van der Waals surface area contributed by atoms with Crippen molar-refractivity contribution in [3.05, 3.63) is 0 Å². The molecule has 0 radical (unpaired) electrons. The highest BCUT2D eigenvalue weighted by molar-refractivity contribution is 5.71. The Bertz CT molecular complexity index is 151. The van der Waals surface area contributed by atoms with E-state index in [0.717, 1.165) is 6.42 Å². The third-order valence-corrected chi connectivity index (χ3v) is 2.02. The van der Waals surface area contributed by atoms with Gasteiger partial charge in [-0.3, -0.25) is 9.69 Å². The topological polar surface area (TPSA) is 55.6 Å². The molecule has 0 heterocycles. The normalized spacial score (nSPS) is 13.0. The van der Waals surface area contributed by atoms with Crippen LogP contribution in [0.15, 0.2) is 0 Å². The predicted octanol–water partition coefficient (Wildman–Crippen LogP) is 0.219. The van der Waals surface area contributed by atoms with E-state index in [1.54, 1.807) is 6.92 Å². The second-order valence-electron chi connectivity index (χ2n) is 3.15. The first kappa shape index (κ1) is 12.4. The number of nitrogens with two attached hydrogens (primary N) is 1. The molecule has 0 aliphatic heterocycles. The van der Waals surface area contributed by atoms with Gasteiger partial charge in [0.1, 0.15) is 0 Å². The van der Waals surface area contributed by atoms with Crippen molar-refractivity contribution >= 4 is 5.97 Å². The highest BCUT2D eigenvalue weighted by atomic mass is 16.5. The lowest BCUT2D eigenvalue weighted by Gasteiger charge is -2.22. The van der Waals surface area contributed by atoms with Crippen LogP contribution in [0, 0.1) is 0 Å². The van der Waals surface area contributed by atoms with E-state index in [1.165, 1.54) is 0 Å². The molecule has 0 spiro atoms. The van der Waals surface area contributed by atoms with Crippen molar-refractivity contribution in [2.24, 2.45) is 5.73 Å². The van der Waals surface area contributed by atoms with Crippen LogP contribution in [0.4, 0.5) is 0 Å². The fraction of sp³-hybridized carbons (Fsp3) is 0.889. The Morgan fingerprint density at radius 3 is 2.69 bits per heavy atom. The van der Waals surface area contributed by atoms with E-state index >= 15 is 0 Å². The van der Waals surface area contributed by atoms with Crippen LogP contribution in [-0.4, -0.2) is 43.7 Å². The van der Waals surface area contributed by atoms with Gasteiger partial charge < -0.3 is 10.5 Å².